The lowest BCUT2D eigenvalue weighted by Crippen LogP contribution is -2.36. The van der Waals surface area contributed by atoms with Crippen molar-refractivity contribution >= 4 is 23.3 Å². The largest absolute Gasteiger partial charge is 0.478 e. The first-order valence-corrected chi connectivity index (χ1v) is 5.97. The van der Waals surface area contributed by atoms with Crippen molar-refractivity contribution in [3.8, 4) is 0 Å². The molecule has 0 aromatic heterocycles. The first kappa shape index (κ1) is 14.8. The van der Waals surface area contributed by atoms with Crippen molar-refractivity contribution in [2.24, 2.45) is 11.7 Å². The van der Waals surface area contributed by atoms with E-state index in [1.54, 1.807) is 17.0 Å². The number of benzene rings is 1. The van der Waals surface area contributed by atoms with Gasteiger partial charge in [-0.2, -0.15) is 0 Å². The van der Waals surface area contributed by atoms with E-state index in [0.717, 1.165) is 0 Å². The Morgan fingerprint density at radius 3 is 2.42 bits per heavy atom. The van der Waals surface area contributed by atoms with Crippen LogP contribution in [0.4, 0.5) is 11.4 Å². The van der Waals surface area contributed by atoms with Gasteiger partial charge >= 0.3 is 5.97 Å². The molecule has 0 radical (unpaired) electrons. The molecule has 104 valence electrons. The summed E-state index contributed by atoms with van der Waals surface area (Å²) < 4.78 is 0. The highest BCUT2D eigenvalue weighted by Gasteiger charge is 2.14. The lowest BCUT2D eigenvalue weighted by Gasteiger charge is -2.25. The predicted octanol–water partition coefficient (Wildman–Crippen LogP) is 0.915. The maximum atomic E-state index is 11.1. The van der Waals surface area contributed by atoms with Crippen molar-refractivity contribution < 1.29 is 14.7 Å². The van der Waals surface area contributed by atoms with Crippen LogP contribution >= 0.6 is 0 Å². The summed E-state index contributed by atoms with van der Waals surface area (Å²) in [4.78, 5) is 23.8. The van der Waals surface area contributed by atoms with Crippen LogP contribution < -0.4 is 16.4 Å². The Labute approximate surface area is 112 Å². The van der Waals surface area contributed by atoms with Gasteiger partial charge in [0, 0.05) is 17.9 Å². The SMILES string of the molecule is CC(C)CN(CC(N)=O)c1ccc(C(=O)O)c(N)c1. The minimum Gasteiger partial charge on any atom is -0.478 e. The van der Waals surface area contributed by atoms with Crippen LogP contribution in [0, 0.1) is 5.92 Å². The average Bonchev–Trinajstić information content (AvgIpc) is 2.26. The molecule has 0 fully saturated rings. The van der Waals surface area contributed by atoms with Crippen LogP contribution in [0.1, 0.15) is 24.2 Å². The van der Waals surface area contributed by atoms with Gasteiger partial charge in [-0.15, -0.1) is 0 Å². The number of carboxylic acids is 1. The number of primary amides is 1. The third kappa shape index (κ3) is 4.17. The number of amides is 1. The van der Waals surface area contributed by atoms with Gasteiger partial charge in [0.25, 0.3) is 0 Å². The number of hydrogen-bond acceptors (Lipinski definition) is 4. The van der Waals surface area contributed by atoms with Gasteiger partial charge < -0.3 is 21.5 Å². The molecule has 0 aliphatic heterocycles. The fourth-order valence-corrected chi connectivity index (χ4v) is 1.83. The van der Waals surface area contributed by atoms with Gasteiger partial charge in [0.15, 0.2) is 0 Å². The normalized spacial score (nSPS) is 10.5. The first-order valence-electron chi connectivity index (χ1n) is 5.97. The number of hydrogen-bond donors (Lipinski definition) is 3. The molecular formula is C13H19N3O3. The van der Waals surface area contributed by atoms with E-state index in [4.69, 9.17) is 16.6 Å². The number of carbonyl (C=O) groups excluding carboxylic acids is 1. The fraction of sp³-hybridized carbons (Fsp3) is 0.385. The maximum Gasteiger partial charge on any atom is 0.337 e. The van der Waals surface area contributed by atoms with Crippen molar-refractivity contribution in [1.82, 2.24) is 0 Å². The minimum absolute atomic E-state index is 0.0484. The zero-order valence-corrected chi connectivity index (χ0v) is 11.1. The molecule has 6 heteroatoms. The Morgan fingerprint density at radius 1 is 1.37 bits per heavy atom. The molecule has 0 spiro atoms. The van der Waals surface area contributed by atoms with Crippen molar-refractivity contribution in [2.75, 3.05) is 23.7 Å². The fourth-order valence-electron chi connectivity index (χ4n) is 1.83. The predicted molar refractivity (Wildman–Crippen MR) is 74.1 cm³/mol. The van der Waals surface area contributed by atoms with E-state index in [1.165, 1.54) is 6.07 Å². The van der Waals surface area contributed by atoms with Gasteiger partial charge in [0.2, 0.25) is 5.91 Å². The van der Waals surface area contributed by atoms with Gasteiger partial charge in [-0.3, -0.25) is 4.79 Å². The highest BCUT2D eigenvalue weighted by molar-refractivity contribution is 5.94. The molecule has 0 aliphatic carbocycles. The van der Waals surface area contributed by atoms with Gasteiger partial charge in [0.05, 0.1) is 12.1 Å². The van der Waals surface area contributed by atoms with Gasteiger partial charge in [-0.1, -0.05) is 13.8 Å². The molecule has 0 saturated carbocycles. The first-order chi connectivity index (χ1) is 8.81. The Balaban J connectivity index is 3.05. The number of nitrogens with zero attached hydrogens (tertiary/aromatic N) is 1. The number of nitrogen functional groups attached to an aromatic ring is 1. The highest BCUT2D eigenvalue weighted by atomic mass is 16.4. The molecule has 1 aromatic carbocycles. The maximum absolute atomic E-state index is 11.1. The van der Waals surface area contributed by atoms with Crippen LogP contribution in [0.3, 0.4) is 0 Å². The van der Waals surface area contributed by atoms with E-state index in [0.29, 0.717) is 18.2 Å². The molecule has 1 amide bonds. The zero-order chi connectivity index (χ0) is 14.6. The number of nitrogens with two attached hydrogens (primary N) is 2. The van der Waals surface area contributed by atoms with Gasteiger partial charge in [-0.25, -0.2) is 4.79 Å². The van der Waals surface area contributed by atoms with Gasteiger partial charge in [0.1, 0.15) is 0 Å². The van der Waals surface area contributed by atoms with Crippen molar-refractivity contribution in [3.63, 3.8) is 0 Å². The van der Waals surface area contributed by atoms with Crippen molar-refractivity contribution in [2.45, 2.75) is 13.8 Å². The lowest BCUT2D eigenvalue weighted by molar-refractivity contribution is -0.116. The van der Waals surface area contributed by atoms with E-state index in [2.05, 4.69) is 0 Å². The lowest BCUT2D eigenvalue weighted by atomic mass is 10.1. The summed E-state index contributed by atoms with van der Waals surface area (Å²) in [6, 6.07) is 4.61. The summed E-state index contributed by atoms with van der Waals surface area (Å²) in [7, 11) is 0. The van der Waals surface area contributed by atoms with Crippen LogP contribution in [0.25, 0.3) is 0 Å². The van der Waals surface area contributed by atoms with Crippen LogP contribution in [-0.4, -0.2) is 30.1 Å². The molecule has 0 heterocycles. The number of carbonyl (C=O) groups is 2. The zero-order valence-electron chi connectivity index (χ0n) is 11.1. The summed E-state index contributed by atoms with van der Waals surface area (Å²) in [5, 5.41) is 8.92. The molecule has 19 heavy (non-hydrogen) atoms. The monoisotopic (exact) mass is 265 g/mol. The quantitative estimate of drug-likeness (QED) is 0.662. The number of rotatable bonds is 6. The van der Waals surface area contributed by atoms with Crippen LogP contribution in [-0.2, 0) is 4.79 Å². The molecule has 0 bridgehead atoms. The van der Waals surface area contributed by atoms with Crippen molar-refractivity contribution in [1.29, 1.82) is 0 Å². The summed E-state index contributed by atoms with van der Waals surface area (Å²) in [5.41, 5.74) is 11.8. The Morgan fingerprint density at radius 2 is 2.00 bits per heavy atom. The summed E-state index contributed by atoms with van der Waals surface area (Å²) in [5.74, 6) is -1.18. The minimum atomic E-state index is -1.07. The smallest absolute Gasteiger partial charge is 0.337 e. The van der Waals surface area contributed by atoms with Crippen LogP contribution in [0.15, 0.2) is 18.2 Å². The molecule has 5 N–H and O–H groups in total. The topological polar surface area (TPSA) is 110 Å². The third-order valence-corrected chi connectivity index (χ3v) is 2.56. The van der Waals surface area contributed by atoms with E-state index in [9.17, 15) is 9.59 Å². The van der Waals surface area contributed by atoms with Crippen LogP contribution in [0.5, 0.6) is 0 Å². The molecule has 0 aliphatic rings. The second-order valence-corrected chi connectivity index (χ2v) is 4.82. The molecule has 1 aromatic rings. The molecular weight excluding hydrogens is 246 g/mol. The Hall–Kier alpha value is -2.24. The second-order valence-electron chi connectivity index (χ2n) is 4.82. The summed E-state index contributed by atoms with van der Waals surface area (Å²) in [6.45, 7) is 4.74. The molecule has 0 atom stereocenters. The van der Waals surface area contributed by atoms with E-state index >= 15 is 0 Å². The average molecular weight is 265 g/mol. The Kier molecular flexibility index (Phi) is 4.74. The van der Waals surface area contributed by atoms with Gasteiger partial charge in [-0.05, 0) is 24.1 Å². The number of anilines is 2. The summed E-state index contributed by atoms with van der Waals surface area (Å²) >= 11 is 0. The van der Waals surface area contributed by atoms with E-state index < -0.39 is 11.9 Å². The highest BCUT2D eigenvalue weighted by Crippen LogP contribution is 2.22. The number of aromatic carboxylic acids is 1. The second kappa shape index (κ2) is 6.08. The molecule has 6 nitrogen and oxygen atoms in total. The molecule has 1 rings (SSSR count). The Bertz CT molecular complexity index is 486. The third-order valence-electron chi connectivity index (χ3n) is 2.56. The van der Waals surface area contributed by atoms with Crippen LogP contribution in [0.2, 0.25) is 0 Å². The summed E-state index contributed by atoms with van der Waals surface area (Å²) in [6.07, 6.45) is 0. The molecule has 0 saturated heterocycles. The van der Waals surface area contributed by atoms with E-state index in [1.807, 2.05) is 13.8 Å². The standard InChI is InChI=1S/C13H19N3O3/c1-8(2)6-16(7-12(15)17)9-3-4-10(13(18)19)11(14)5-9/h3-5,8H,6-7,14H2,1-2H3,(H2,15,17)(H,18,19). The van der Waals surface area contributed by atoms with Crippen molar-refractivity contribution in [3.05, 3.63) is 23.8 Å². The van der Waals surface area contributed by atoms with E-state index in [-0.39, 0.29) is 17.8 Å². The molecule has 0 unspecified atom stereocenters. The number of carboxylic acid groups (broad SMARTS) is 1.